The van der Waals surface area contributed by atoms with Crippen molar-refractivity contribution in [2.24, 2.45) is 16.6 Å². The molecule has 2 aromatic rings. The van der Waals surface area contributed by atoms with Gasteiger partial charge in [0.15, 0.2) is 17.5 Å². The Hall–Kier alpha value is -3.76. The average Bonchev–Trinajstić information content (AvgIpc) is 2.90. The summed E-state index contributed by atoms with van der Waals surface area (Å²) in [7, 11) is 2.62. The zero-order chi connectivity index (χ0) is 27.7. The minimum Gasteiger partial charge on any atom is -0.497 e. The highest BCUT2D eigenvalue weighted by atomic mass is 19.1. The summed E-state index contributed by atoms with van der Waals surface area (Å²) in [6.07, 6.45) is 4.97. The number of hydrogen-bond acceptors (Lipinski definition) is 5. The second-order valence-electron chi connectivity index (χ2n) is 9.25. The normalized spacial score (nSPS) is 15.0. The molecule has 1 aliphatic rings. The second-order valence-corrected chi connectivity index (χ2v) is 9.25. The molecule has 0 saturated heterocycles. The van der Waals surface area contributed by atoms with Gasteiger partial charge in [-0.1, -0.05) is 38.2 Å². The van der Waals surface area contributed by atoms with Crippen molar-refractivity contribution in [1.82, 2.24) is 10.6 Å². The highest BCUT2D eigenvalue weighted by Crippen LogP contribution is 2.28. The van der Waals surface area contributed by atoms with Gasteiger partial charge < -0.3 is 20.5 Å². The Morgan fingerprint density at radius 3 is 2.34 bits per heavy atom. The maximum atomic E-state index is 14.2. The average molecular weight is 535 g/mol. The zero-order valence-electron chi connectivity index (χ0n) is 21.5. The van der Waals surface area contributed by atoms with Crippen LogP contribution in [0.4, 0.5) is 13.2 Å². The van der Waals surface area contributed by atoms with Gasteiger partial charge in [0, 0.05) is 24.2 Å². The van der Waals surface area contributed by atoms with E-state index < -0.39 is 47.3 Å². The summed E-state index contributed by atoms with van der Waals surface area (Å²) in [5.74, 6) is -3.60. The molecule has 0 aromatic heterocycles. The largest absolute Gasteiger partial charge is 0.497 e. The third-order valence-corrected chi connectivity index (χ3v) is 6.52. The molecule has 0 aliphatic heterocycles. The van der Waals surface area contributed by atoms with E-state index in [-0.39, 0.29) is 29.9 Å². The second kappa shape index (κ2) is 13.7. The summed E-state index contributed by atoms with van der Waals surface area (Å²) in [6.45, 7) is 0.106. The quantitative estimate of drug-likeness (QED) is 0.317. The number of carbonyl (C=O) groups is 2. The van der Waals surface area contributed by atoms with Crippen molar-refractivity contribution in [3.8, 4) is 11.5 Å². The van der Waals surface area contributed by atoms with Gasteiger partial charge in [-0.2, -0.15) is 0 Å². The minimum atomic E-state index is -0.931. The van der Waals surface area contributed by atoms with Gasteiger partial charge in [-0.3, -0.25) is 14.9 Å². The fourth-order valence-corrected chi connectivity index (χ4v) is 4.49. The van der Waals surface area contributed by atoms with E-state index in [0.29, 0.717) is 12.0 Å². The van der Waals surface area contributed by atoms with Crippen molar-refractivity contribution >= 4 is 17.8 Å². The van der Waals surface area contributed by atoms with E-state index in [4.69, 9.17) is 15.2 Å². The van der Waals surface area contributed by atoms with Crippen LogP contribution in [0.1, 0.15) is 49.7 Å². The Kier molecular flexibility index (Phi) is 10.4. The summed E-state index contributed by atoms with van der Waals surface area (Å²) < 4.78 is 51.9. The number of methoxy groups -OCH3 is 2. The predicted octanol–water partition coefficient (Wildman–Crippen LogP) is 3.75. The molecule has 1 fully saturated rings. The lowest BCUT2D eigenvalue weighted by Crippen LogP contribution is -2.42. The molecule has 1 saturated carbocycles. The van der Waals surface area contributed by atoms with Crippen molar-refractivity contribution in [2.75, 3.05) is 14.2 Å². The molecule has 206 valence electrons. The van der Waals surface area contributed by atoms with Crippen LogP contribution in [-0.2, 0) is 22.6 Å². The number of nitrogens with two attached hydrogens (primary N) is 1. The molecule has 4 N–H and O–H groups in total. The third-order valence-electron chi connectivity index (χ3n) is 6.52. The molecular weight excluding hydrogens is 501 g/mol. The van der Waals surface area contributed by atoms with Crippen LogP contribution in [0.15, 0.2) is 35.3 Å². The first-order valence-corrected chi connectivity index (χ1v) is 12.4. The van der Waals surface area contributed by atoms with Gasteiger partial charge in [0.05, 0.1) is 20.6 Å². The molecule has 11 heteroatoms. The number of halogens is 3. The van der Waals surface area contributed by atoms with E-state index in [1.54, 1.807) is 0 Å². The van der Waals surface area contributed by atoms with Crippen molar-refractivity contribution < 1.29 is 32.2 Å². The number of hydrogen-bond donors (Lipinski definition) is 3. The van der Waals surface area contributed by atoms with Gasteiger partial charge in [0.25, 0.3) is 0 Å². The predicted molar refractivity (Wildman–Crippen MR) is 136 cm³/mol. The van der Waals surface area contributed by atoms with Gasteiger partial charge >= 0.3 is 0 Å². The number of amides is 2. The van der Waals surface area contributed by atoms with Crippen LogP contribution in [0.5, 0.6) is 11.5 Å². The summed E-state index contributed by atoms with van der Waals surface area (Å²) in [5.41, 5.74) is 6.11. The molecule has 1 aliphatic carbocycles. The Bertz CT molecular complexity index is 1150. The van der Waals surface area contributed by atoms with Crippen LogP contribution < -0.4 is 25.8 Å². The molecule has 0 heterocycles. The smallest absolute Gasteiger partial charge is 0.245 e. The number of guanidine groups is 1. The first-order valence-electron chi connectivity index (χ1n) is 12.4. The van der Waals surface area contributed by atoms with Gasteiger partial charge in [-0.05, 0) is 30.0 Å². The molecule has 38 heavy (non-hydrogen) atoms. The topological polar surface area (TPSA) is 115 Å². The fraction of sp³-hybridized carbons (Fsp3) is 0.444. The van der Waals surface area contributed by atoms with E-state index in [1.165, 1.54) is 32.4 Å². The van der Waals surface area contributed by atoms with Crippen LogP contribution >= 0.6 is 0 Å². The van der Waals surface area contributed by atoms with E-state index in [9.17, 15) is 22.8 Å². The Morgan fingerprint density at radius 1 is 1.03 bits per heavy atom. The molecule has 8 nitrogen and oxygen atoms in total. The highest BCUT2D eigenvalue weighted by molar-refractivity contribution is 5.98. The van der Waals surface area contributed by atoms with Gasteiger partial charge in [0.1, 0.15) is 23.4 Å². The van der Waals surface area contributed by atoms with Crippen molar-refractivity contribution in [2.45, 2.75) is 57.5 Å². The molecule has 0 radical (unpaired) electrons. The van der Waals surface area contributed by atoms with Crippen LogP contribution in [0.2, 0.25) is 0 Å². The van der Waals surface area contributed by atoms with E-state index in [0.717, 1.165) is 44.2 Å². The number of rotatable bonds is 10. The summed E-state index contributed by atoms with van der Waals surface area (Å²) >= 11 is 0. The zero-order valence-corrected chi connectivity index (χ0v) is 21.5. The van der Waals surface area contributed by atoms with Gasteiger partial charge in [0.2, 0.25) is 11.8 Å². The van der Waals surface area contributed by atoms with Crippen LogP contribution in [-0.4, -0.2) is 38.0 Å². The molecule has 2 aromatic carbocycles. The molecule has 2 amide bonds. The SMILES string of the molecule is COc1cc(F)c(CC(=O)NC(N)=N[C@H](CC2CCCCC2)C(=O)NCc2ccc(F)c(OC)c2)c(F)c1. The number of nitrogens with one attached hydrogen (secondary N) is 2. The Balaban J connectivity index is 1.69. The summed E-state index contributed by atoms with van der Waals surface area (Å²) in [4.78, 5) is 29.8. The molecule has 0 unspecified atom stereocenters. The summed E-state index contributed by atoms with van der Waals surface area (Å²) in [6, 6.07) is 5.33. The maximum Gasteiger partial charge on any atom is 0.245 e. The number of ether oxygens (including phenoxy) is 2. The molecule has 0 bridgehead atoms. The van der Waals surface area contributed by atoms with E-state index in [2.05, 4.69) is 15.6 Å². The van der Waals surface area contributed by atoms with Crippen molar-refractivity contribution in [3.63, 3.8) is 0 Å². The minimum absolute atomic E-state index is 0.0131. The molecule has 0 spiro atoms. The lowest BCUT2D eigenvalue weighted by Gasteiger charge is -2.24. The molecule has 3 rings (SSSR count). The number of aliphatic imine (C=N–C) groups is 1. The van der Waals surface area contributed by atoms with E-state index >= 15 is 0 Å². The van der Waals surface area contributed by atoms with Crippen LogP contribution in [0.25, 0.3) is 0 Å². The first-order chi connectivity index (χ1) is 18.2. The Morgan fingerprint density at radius 2 is 1.71 bits per heavy atom. The maximum absolute atomic E-state index is 14.2. The van der Waals surface area contributed by atoms with Gasteiger partial charge in [-0.25, -0.2) is 18.2 Å². The molecule has 1 atom stereocenters. The standard InChI is InChI=1S/C27H33F3N4O4/c1-37-18-12-21(29)19(22(30)13-18)14-25(35)34-27(31)33-23(10-16-6-4-3-5-7-16)26(36)32-15-17-8-9-20(28)24(11-17)38-2/h8-9,11-13,16,23H,3-7,10,14-15H2,1-2H3,(H,32,36)(H3,31,33,34,35)/t23-/m1/s1. The van der Waals surface area contributed by atoms with Crippen molar-refractivity contribution in [1.29, 1.82) is 0 Å². The highest BCUT2D eigenvalue weighted by Gasteiger charge is 2.25. The Labute approximate surface area is 219 Å². The van der Waals surface area contributed by atoms with Gasteiger partial charge in [-0.15, -0.1) is 0 Å². The molecular formula is C27H33F3N4O4. The van der Waals surface area contributed by atoms with E-state index in [1.807, 2.05) is 0 Å². The lowest BCUT2D eigenvalue weighted by molar-refractivity contribution is -0.123. The van der Waals surface area contributed by atoms with Crippen LogP contribution in [0, 0.1) is 23.4 Å². The first kappa shape index (κ1) is 28.8. The number of benzene rings is 2. The van der Waals surface area contributed by atoms with Crippen LogP contribution in [0.3, 0.4) is 0 Å². The summed E-state index contributed by atoms with van der Waals surface area (Å²) in [5, 5.41) is 5.10. The monoisotopic (exact) mass is 534 g/mol. The number of carbonyl (C=O) groups excluding carboxylic acids is 2. The van der Waals surface area contributed by atoms with Crippen molar-refractivity contribution in [3.05, 3.63) is 58.9 Å². The fourth-order valence-electron chi connectivity index (χ4n) is 4.49. The number of nitrogens with zero attached hydrogens (tertiary/aromatic N) is 1. The third kappa shape index (κ3) is 8.12. The lowest BCUT2D eigenvalue weighted by atomic mass is 9.84.